The van der Waals surface area contributed by atoms with Gasteiger partial charge in [-0.05, 0) is 61.6 Å². The van der Waals surface area contributed by atoms with Crippen molar-refractivity contribution in [1.29, 1.82) is 0 Å². The van der Waals surface area contributed by atoms with E-state index in [2.05, 4.69) is 35.5 Å². The van der Waals surface area contributed by atoms with Crippen LogP contribution in [-0.2, 0) is 29.1 Å². The summed E-state index contributed by atoms with van der Waals surface area (Å²) in [7, 11) is 0. The molecule has 10 nitrogen and oxygen atoms in total. The minimum absolute atomic E-state index is 0.189. The van der Waals surface area contributed by atoms with E-state index >= 15 is 0 Å². The van der Waals surface area contributed by atoms with E-state index in [1.165, 1.54) is 15.1 Å². The lowest BCUT2D eigenvalue weighted by molar-refractivity contribution is -0.136. The van der Waals surface area contributed by atoms with E-state index in [0.29, 0.717) is 24.2 Å². The zero-order chi connectivity index (χ0) is 25.9. The van der Waals surface area contributed by atoms with E-state index in [4.69, 9.17) is 0 Å². The van der Waals surface area contributed by atoms with Crippen LogP contribution in [0, 0.1) is 0 Å². The van der Waals surface area contributed by atoms with Gasteiger partial charge >= 0.3 is 0 Å². The van der Waals surface area contributed by atoms with Crippen LogP contribution >= 0.6 is 0 Å². The van der Waals surface area contributed by atoms with Crippen molar-refractivity contribution in [2.24, 2.45) is 0 Å². The van der Waals surface area contributed by atoms with Crippen molar-refractivity contribution in [3.8, 4) is 5.69 Å². The minimum Gasteiger partial charge on any atom is -0.327 e. The molecule has 10 heteroatoms. The molecule has 4 heterocycles. The lowest BCUT2D eigenvalue weighted by Crippen LogP contribution is -2.52. The van der Waals surface area contributed by atoms with Crippen LogP contribution in [0.25, 0.3) is 5.69 Å². The van der Waals surface area contributed by atoms with Crippen molar-refractivity contribution in [2.45, 2.75) is 57.8 Å². The quantitative estimate of drug-likeness (QED) is 0.552. The molecule has 6 rings (SSSR count). The van der Waals surface area contributed by atoms with Gasteiger partial charge in [0.1, 0.15) is 6.04 Å². The third-order valence-electron chi connectivity index (χ3n) is 7.53. The van der Waals surface area contributed by atoms with E-state index in [9.17, 15) is 19.2 Å². The summed E-state index contributed by atoms with van der Waals surface area (Å²) >= 11 is 0. The molecule has 3 aromatic rings. The average molecular weight is 499 g/mol. The highest BCUT2D eigenvalue weighted by atomic mass is 16.2. The molecule has 0 spiro atoms. The number of rotatable bonds is 3. The molecule has 0 saturated carbocycles. The Kier molecular flexibility index (Phi) is 5.22. The minimum atomic E-state index is -0.672. The lowest BCUT2D eigenvalue weighted by Gasteiger charge is -2.43. The summed E-state index contributed by atoms with van der Waals surface area (Å²) in [5, 5.41) is 10.7. The number of carbonyl (C=O) groups excluding carboxylic acids is 4. The number of hydrogen-bond donors (Lipinski definition) is 1. The first kappa shape index (κ1) is 23.1. The molecule has 2 aromatic carbocycles. The molecule has 3 aliphatic rings. The van der Waals surface area contributed by atoms with Gasteiger partial charge < -0.3 is 9.80 Å². The van der Waals surface area contributed by atoms with Crippen LogP contribution in [0.1, 0.15) is 64.2 Å². The smallest absolute Gasteiger partial charge is 0.276 e. The van der Waals surface area contributed by atoms with Gasteiger partial charge in [0, 0.05) is 30.6 Å². The van der Waals surface area contributed by atoms with Crippen LogP contribution in [0.4, 0.5) is 0 Å². The number of imide groups is 1. The molecule has 0 aliphatic carbocycles. The van der Waals surface area contributed by atoms with Gasteiger partial charge in [0.25, 0.3) is 11.8 Å². The summed E-state index contributed by atoms with van der Waals surface area (Å²) in [6, 6.07) is 12.8. The van der Waals surface area contributed by atoms with Crippen LogP contribution < -0.4 is 5.32 Å². The first-order valence-corrected chi connectivity index (χ1v) is 12.3. The first-order valence-electron chi connectivity index (χ1n) is 12.3. The zero-order valence-electron chi connectivity index (χ0n) is 20.6. The number of hydrogen-bond acceptors (Lipinski definition) is 6. The molecular formula is C27H26N6O4. The highest BCUT2D eigenvalue weighted by molar-refractivity contribution is 6.05. The van der Waals surface area contributed by atoms with Gasteiger partial charge in [0.05, 0.1) is 11.9 Å². The van der Waals surface area contributed by atoms with Crippen molar-refractivity contribution >= 4 is 23.6 Å². The molecule has 0 bridgehead atoms. The molecule has 1 atom stereocenters. The number of nitrogens with one attached hydrogen (secondary N) is 1. The monoisotopic (exact) mass is 498 g/mol. The second kappa shape index (κ2) is 8.36. The number of aromatic nitrogens is 3. The predicted octanol–water partition coefficient (Wildman–Crippen LogP) is 2.01. The molecule has 1 fully saturated rings. The molecule has 188 valence electrons. The Bertz CT molecular complexity index is 1480. The topological polar surface area (TPSA) is 118 Å². The van der Waals surface area contributed by atoms with Crippen molar-refractivity contribution in [2.75, 3.05) is 0 Å². The van der Waals surface area contributed by atoms with Crippen LogP contribution in [-0.4, -0.2) is 60.0 Å². The van der Waals surface area contributed by atoms with Gasteiger partial charge in [-0.3, -0.25) is 24.5 Å². The van der Waals surface area contributed by atoms with E-state index in [1.807, 2.05) is 29.2 Å². The fourth-order valence-electron chi connectivity index (χ4n) is 5.51. The van der Waals surface area contributed by atoms with E-state index in [1.54, 1.807) is 18.3 Å². The molecule has 3 aliphatic heterocycles. The summed E-state index contributed by atoms with van der Waals surface area (Å²) in [5.41, 5.74) is 4.18. The van der Waals surface area contributed by atoms with Crippen LogP contribution in [0.15, 0.2) is 48.7 Å². The third-order valence-corrected chi connectivity index (χ3v) is 7.53. The fourth-order valence-corrected chi connectivity index (χ4v) is 5.51. The Morgan fingerprint density at radius 1 is 1.03 bits per heavy atom. The van der Waals surface area contributed by atoms with Crippen LogP contribution in [0.3, 0.4) is 0 Å². The van der Waals surface area contributed by atoms with E-state index in [0.717, 1.165) is 17.5 Å². The number of amides is 4. The number of carbonyl (C=O) groups is 4. The van der Waals surface area contributed by atoms with E-state index in [-0.39, 0.29) is 41.9 Å². The average Bonchev–Trinajstić information content (AvgIpc) is 3.48. The standard InChI is InChI=1S/C27H26N6O4/c1-27(2)12-16-5-3-4-6-17(16)14-32(27)26(37)21-15-33(30-29-21)19-7-8-20-18(11-19)13-31(25(20)36)22-9-10-23(34)28-24(22)35/h3-8,11,15,22H,9-10,12-14H2,1-2H3,(H,28,34,35). The number of nitrogens with zero attached hydrogens (tertiary/aromatic N) is 5. The molecule has 37 heavy (non-hydrogen) atoms. The van der Waals surface area contributed by atoms with Gasteiger partial charge in [-0.25, -0.2) is 4.68 Å². The number of benzene rings is 2. The molecule has 1 saturated heterocycles. The maximum absolute atomic E-state index is 13.5. The summed E-state index contributed by atoms with van der Waals surface area (Å²) in [4.78, 5) is 53.6. The Morgan fingerprint density at radius 3 is 2.59 bits per heavy atom. The summed E-state index contributed by atoms with van der Waals surface area (Å²) < 4.78 is 1.53. The number of fused-ring (bicyclic) bond motifs is 2. The Hall–Kier alpha value is -4.34. The Balaban J connectivity index is 1.23. The lowest BCUT2D eigenvalue weighted by atomic mass is 9.85. The largest absolute Gasteiger partial charge is 0.327 e. The van der Waals surface area contributed by atoms with Gasteiger partial charge in [-0.15, -0.1) is 5.10 Å². The normalized spacial score (nSPS) is 20.5. The second-order valence-corrected chi connectivity index (χ2v) is 10.4. The zero-order valence-corrected chi connectivity index (χ0v) is 20.6. The second-order valence-electron chi connectivity index (χ2n) is 10.4. The van der Waals surface area contributed by atoms with Crippen molar-refractivity contribution in [1.82, 2.24) is 30.1 Å². The molecular weight excluding hydrogens is 472 g/mol. The third kappa shape index (κ3) is 3.89. The molecule has 4 amide bonds. The maximum atomic E-state index is 13.5. The summed E-state index contributed by atoms with van der Waals surface area (Å²) in [6.07, 6.45) is 2.88. The molecule has 1 N–H and O–H groups in total. The molecule has 0 radical (unpaired) electrons. The maximum Gasteiger partial charge on any atom is 0.276 e. The van der Waals surface area contributed by atoms with Gasteiger partial charge in [-0.1, -0.05) is 29.5 Å². The van der Waals surface area contributed by atoms with Gasteiger partial charge in [0.15, 0.2) is 5.69 Å². The van der Waals surface area contributed by atoms with Crippen LogP contribution in [0.2, 0.25) is 0 Å². The highest BCUT2D eigenvalue weighted by Crippen LogP contribution is 2.32. The van der Waals surface area contributed by atoms with Crippen LogP contribution in [0.5, 0.6) is 0 Å². The molecule has 1 aromatic heterocycles. The van der Waals surface area contributed by atoms with Crippen molar-refractivity contribution in [3.05, 3.63) is 76.6 Å². The Morgan fingerprint density at radius 2 is 1.81 bits per heavy atom. The molecule has 1 unspecified atom stereocenters. The van der Waals surface area contributed by atoms with Gasteiger partial charge in [-0.2, -0.15) is 0 Å². The fraction of sp³-hybridized carbons (Fsp3) is 0.333. The van der Waals surface area contributed by atoms with Crippen molar-refractivity contribution < 1.29 is 19.2 Å². The number of piperidine rings is 1. The SMILES string of the molecule is CC1(C)Cc2ccccc2CN1C(=O)c1cn(-c2ccc3c(c2)CN(C2CCC(=O)NC2=O)C3=O)nn1. The Labute approximate surface area is 213 Å². The van der Waals surface area contributed by atoms with Crippen molar-refractivity contribution in [3.63, 3.8) is 0 Å². The highest BCUT2D eigenvalue weighted by Gasteiger charge is 2.40. The van der Waals surface area contributed by atoms with Gasteiger partial charge in [0.2, 0.25) is 11.8 Å². The summed E-state index contributed by atoms with van der Waals surface area (Å²) in [5.74, 6) is -1.19. The predicted molar refractivity (Wildman–Crippen MR) is 132 cm³/mol. The van der Waals surface area contributed by atoms with E-state index < -0.39 is 11.9 Å². The summed E-state index contributed by atoms with van der Waals surface area (Å²) in [6.45, 7) is 4.87. The first-order chi connectivity index (χ1) is 17.7.